The van der Waals surface area contributed by atoms with Gasteiger partial charge in [-0.1, -0.05) is 12.1 Å². The minimum atomic E-state index is -0.0550. The van der Waals surface area contributed by atoms with Crippen LogP contribution in [-0.4, -0.2) is 19.1 Å². The van der Waals surface area contributed by atoms with Gasteiger partial charge in [0.05, 0.1) is 19.3 Å². The Morgan fingerprint density at radius 2 is 2.07 bits per heavy atom. The standard InChI is InChI=1S/C11H14N2O2/c12-9-3-1-8(2-4-9)10-7-15-6-5-11(14)13-10/h1-4,10H,5-7,12H2,(H,13,14). The summed E-state index contributed by atoms with van der Waals surface area (Å²) in [5, 5.41) is 2.91. The molecule has 1 saturated heterocycles. The topological polar surface area (TPSA) is 64.3 Å². The summed E-state index contributed by atoms with van der Waals surface area (Å²) in [6, 6.07) is 7.42. The van der Waals surface area contributed by atoms with E-state index in [2.05, 4.69) is 5.32 Å². The lowest BCUT2D eigenvalue weighted by molar-refractivity contribution is -0.121. The molecule has 15 heavy (non-hydrogen) atoms. The third kappa shape index (κ3) is 2.47. The molecule has 4 heteroatoms. The summed E-state index contributed by atoms with van der Waals surface area (Å²) >= 11 is 0. The van der Waals surface area contributed by atoms with Gasteiger partial charge in [-0.3, -0.25) is 4.79 Å². The summed E-state index contributed by atoms with van der Waals surface area (Å²) in [7, 11) is 0. The van der Waals surface area contributed by atoms with Crippen molar-refractivity contribution in [3.8, 4) is 0 Å². The third-order valence-corrected chi connectivity index (χ3v) is 2.43. The maximum absolute atomic E-state index is 11.3. The highest BCUT2D eigenvalue weighted by molar-refractivity contribution is 5.76. The van der Waals surface area contributed by atoms with E-state index in [-0.39, 0.29) is 11.9 Å². The fourth-order valence-electron chi connectivity index (χ4n) is 1.58. The van der Waals surface area contributed by atoms with Crippen LogP contribution in [0, 0.1) is 0 Å². The van der Waals surface area contributed by atoms with Gasteiger partial charge in [-0.25, -0.2) is 0 Å². The fourth-order valence-corrected chi connectivity index (χ4v) is 1.58. The Balaban J connectivity index is 2.14. The van der Waals surface area contributed by atoms with Crippen LogP contribution >= 0.6 is 0 Å². The predicted octanol–water partition coefficient (Wildman–Crippen LogP) is 0.846. The number of carbonyl (C=O) groups excluding carboxylic acids is 1. The molecule has 80 valence electrons. The lowest BCUT2D eigenvalue weighted by atomic mass is 10.1. The van der Waals surface area contributed by atoms with Gasteiger partial charge in [0.1, 0.15) is 0 Å². The Hall–Kier alpha value is -1.55. The van der Waals surface area contributed by atoms with Gasteiger partial charge in [-0.05, 0) is 17.7 Å². The molecule has 0 aromatic heterocycles. The predicted molar refractivity (Wildman–Crippen MR) is 57.2 cm³/mol. The first-order chi connectivity index (χ1) is 7.25. The van der Waals surface area contributed by atoms with E-state index in [1.165, 1.54) is 0 Å². The van der Waals surface area contributed by atoms with Gasteiger partial charge in [-0.15, -0.1) is 0 Å². The molecule has 1 unspecified atom stereocenters. The van der Waals surface area contributed by atoms with Crippen molar-refractivity contribution in [1.82, 2.24) is 5.32 Å². The number of rotatable bonds is 1. The molecule has 0 spiro atoms. The van der Waals surface area contributed by atoms with Crippen molar-refractivity contribution in [2.24, 2.45) is 0 Å². The number of nitrogen functional groups attached to an aromatic ring is 1. The fraction of sp³-hybridized carbons (Fsp3) is 0.364. The van der Waals surface area contributed by atoms with Crippen LogP contribution in [0.3, 0.4) is 0 Å². The van der Waals surface area contributed by atoms with Crippen molar-refractivity contribution in [1.29, 1.82) is 0 Å². The average molecular weight is 206 g/mol. The average Bonchev–Trinajstić information content (AvgIpc) is 2.44. The number of nitrogens with one attached hydrogen (secondary N) is 1. The first-order valence-corrected chi connectivity index (χ1v) is 4.98. The first kappa shape index (κ1) is 9.98. The molecule has 1 heterocycles. The number of amides is 1. The molecule has 4 nitrogen and oxygen atoms in total. The summed E-state index contributed by atoms with van der Waals surface area (Å²) in [4.78, 5) is 11.3. The Morgan fingerprint density at radius 1 is 1.33 bits per heavy atom. The summed E-state index contributed by atoms with van der Waals surface area (Å²) in [6.45, 7) is 1.02. The second-order valence-corrected chi connectivity index (χ2v) is 3.61. The number of hydrogen-bond donors (Lipinski definition) is 2. The monoisotopic (exact) mass is 206 g/mol. The maximum Gasteiger partial charge on any atom is 0.222 e. The van der Waals surface area contributed by atoms with Crippen molar-refractivity contribution >= 4 is 11.6 Å². The van der Waals surface area contributed by atoms with Gasteiger partial charge in [0.25, 0.3) is 0 Å². The molecule has 0 bridgehead atoms. The SMILES string of the molecule is Nc1ccc(C2COCCC(=O)N2)cc1. The van der Waals surface area contributed by atoms with E-state index in [0.29, 0.717) is 19.6 Å². The number of hydrogen-bond acceptors (Lipinski definition) is 3. The highest BCUT2D eigenvalue weighted by Crippen LogP contribution is 2.17. The Morgan fingerprint density at radius 3 is 2.80 bits per heavy atom. The molecule has 0 saturated carbocycles. The van der Waals surface area contributed by atoms with Gasteiger partial charge >= 0.3 is 0 Å². The third-order valence-electron chi connectivity index (χ3n) is 2.43. The smallest absolute Gasteiger partial charge is 0.222 e. The van der Waals surface area contributed by atoms with E-state index in [1.54, 1.807) is 0 Å². The molecule has 1 fully saturated rings. The second kappa shape index (κ2) is 4.31. The van der Waals surface area contributed by atoms with E-state index in [1.807, 2.05) is 24.3 Å². The maximum atomic E-state index is 11.3. The molecule has 1 aliphatic rings. The molecule has 1 atom stereocenters. The zero-order chi connectivity index (χ0) is 10.7. The van der Waals surface area contributed by atoms with Crippen LogP contribution in [0.4, 0.5) is 5.69 Å². The normalized spacial score (nSPS) is 21.9. The van der Waals surface area contributed by atoms with Gasteiger partial charge in [-0.2, -0.15) is 0 Å². The van der Waals surface area contributed by atoms with E-state index < -0.39 is 0 Å². The molecule has 1 aromatic carbocycles. The van der Waals surface area contributed by atoms with Crippen molar-refractivity contribution in [3.05, 3.63) is 29.8 Å². The van der Waals surface area contributed by atoms with Crippen molar-refractivity contribution in [2.75, 3.05) is 18.9 Å². The summed E-state index contributed by atoms with van der Waals surface area (Å²) in [5.41, 5.74) is 7.34. The molecule has 1 amide bonds. The molecular weight excluding hydrogens is 192 g/mol. The van der Waals surface area contributed by atoms with Crippen LogP contribution in [0.25, 0.3) is 0 Å². The van der Waals surface area contributed by atoms with Gasteiger partial charge in [0.15, 0.2) is 0 Å². The summed E-state index contributed by atoms with van der Waals surface area (Å²) in [5.74, 6) is 0.0364. The molecule has 1 aliphatic heterocycles. The van der Waals surface area contributed by atoms with E-state index in [0.717, 1.165) is 11.3 Å². The van der Waals surface area contributed by atoms with Crippen LogP contribution < -0.4 is 11.1 Å². The zero-order valence-corrected chi connectivity index (χ0v) is 8.40. The molecule has 3 N–H and O–H groups in total. The Kier molecular flexibility index (Phi) is 2.87. The van der Waals surface area contributed by atoms with Gasteiger partial charge in [0, 0.05) is 12.1 Å². The Labute approximate surface area is 88.4 Å². The largest absolute Gasteiger partial charge is 0.399 e. The first-order valence-electron chi connectivity index (χ1n) is 4.98. The van der Waals surface area contributed by atoms with Crippen molar-refractivity contribution in [2.45, 2.75) is 12.5 Å². The molecular formula is C11H14N2O2. The quantitative estimate of drug-likeness (QED) is 0.669. The number of ether oxygens (including phenoxy) is 1. The number of benzene rings is 1. The van der Waals surface area contributed by atoms with Gasteiger partial charge < -0.3 is 15.8 Å². The van der Waals surface area contributed by atoms with Crippen LogP contribution in [0.2, 0.25) is 0 Å². The minimum absolute atomic E-state index is 0.0364. The molecule has 0 aliphatic carbocycles. The summed E-state index contributed by atoms with van der Waals surface area (Å²) < 4.78 is 5.35. The van der Waals surface area contributed by atoms with Crippen LogP contribution in [0.1, 0.15) is 18.0 Å². The second-order valence-electron chi connectivity index (χ2n) is 3.61. The number of nitrogens with two attached hydrogens (primary N) is 1. The molecule has 1 aromatic rings. The van der Waals surface area contributed by atoms with Crippen molar-refractivity contribution < 1.29 is 9.53 Å². The van der Waals surface area contributed by atoms with Crippen LogP contribution in [0.5, 0.6) is 0 Å². The number of carbonyl (C=O) groups is 1. The van der Waals surface area contributed by atoms with Gasteiger partial charge in [0.2, 0.25) is 5.91 Å². The molecule has 0 radical (unpaired) electrons. The highest BCUT2D eigenvalue weighted by Gasteiger charge is 2.17. The Bertz CT molecular complexity index is 348. The summed E-state index contributed by atoms with van der Waals surface area (Å²) in [6.07, 6.45) is 0.436. The number of anilines is 1. The van der Waals surface area contributed by atoms with E-state index in [9.17, 15) is 4.79 Å². The van der Waals surface area contributed by atoms with Crippen LogP contribution in [-0.2, 0) is 9.53 Å². The van der Waals surface area contributed by atoms with E-state index >= 15 is 0 Å². The lowest BCUT2D eigenvalue weighted by Crippen LogP contribution is -2.28. The van der Waals surface area contributed by atoms with Crippen LogP contribution in [0.15, 0.2) is 24.3 Å². The van der Waals surface area contributed by atoms with E-state index in [4.69, 9.17) is 10.5 Å². The minimum Gasteiger partial charge on any atom is -0.399 e. The van der Waals surface area contributed by atoms with Crippen molar-refractivity contribution in [3.63, 3.8) is 0 Å². The highest BCUT2D eigenvalue weighted by atomic mass is 16.5. The lowest BCUT2D eigenvalue weighted by Gasteiger charge is -2.15. The zero-order valence-electron chi connectivity index (χ0n) is 8.40. The molecule has 2 rings (SSSR count).